The van der Waals surface area contributed by atoms with Crippen molar-refractivity contribution in [2.24, 2.45) is 4.99 Å². The van der Waals surface area contributed by atoms with Gasteiger partial charge in [-0.2, -0.15) is 0 Å². The van der Waals surface area contributed by atoms with Gasteiger partial charge in [0, 0.05) is 25.2 Å². The largest absolute Gasteiger partial charge is 0.493 e. The van der Waals surface area contributed by atoms with E-state index in [2.05, 4.69) is 5.32 Å². The lowest BCUT2D eigenvalue weighted by Gasteiger charge is -2.39. The third-order valence-corrected chi connectivity index (χ3v) is 8.48. The molecule has 8 heteroatoms. The van der Waals surface area contributed by atoms with Crippen molar-refractivity contribution >= 4 is 15.8 Å². The summed E-state index contributed by atoms with van der Waals surface area (Å²) in [5, 5.41) is 3.32. The van der Waals surface area contributed by atoms with Crippen molar-refractivity contribution in [1.29, 1.82) is 0 Å². The highest BCUT2D eigenvalue weighted by molar-refractivity contribution is 7.92. The number of ether oxygens (including phenoxy) is 2. The molecule has 168 valence electrons. The Labute approximate surface area is 180 Å². The van der Waals surface area contributed by atoms with Crippen LogP contribution in [0.2, 0.25) is 0 Å². The van der Waals surface area contributed by atoms with Gasteiger partial charge in [0.15, 0.2) is 27.3 Å². The van der Waals surface area contributed by atoms with Crippen LogP contribution >= 0.6 is 0 Å². The van der Waals surface area contributed by atoms with Crippen LogP contribution < -0.4 is 14.8 Å². The van der Waals surface area contributed by atoms with E-state index in [-0.39, 0.29) is 11.9 Å². The lowest BCUT2D eigenvalue weighted by atomic mass is 10.1. The molecule has 30 heavy (non-hydrogen) atoms. The van der Waals surface area contributed by atoms with Gasteiger partial charge in [0.2, 0.25) is 0 Å². The van der Waals surface area contributed by atoms with E-state index in [1.165, 1.54) is 12.8 Å². The number of hydrogen-bond donors (Lipinski definition) is 1. The second kappa shape index (κ2) is 9.45. The molecule has 2 aliphatic rings. The van der Waals surface area contributed by atoms with Crippen molar-refractivity contribution < 1.29 is 17.9 Å². The Hall–Kier alpha value is -1.96. The predicted octanol–water partition coefficient (Wildman–Crippen LogP) is 2.99. The normalized spacial score (nSPS) is 21.5. The van der Waals surface area contributed by atoms with Crippen LogP contribution in [0.25, 0.3) is 0 Å². The number of benzene rings is 1. The van der Waals surface area contributed by atoms with E-state index in [0.29, 0.717) is 26.2 Å². The summed E-state index contributed by atoms with van der Waals surface area (Å²) in [4.78, 5) is 6.88. The van der Waals surface area contributed by atoms with E-state index in [1.807, 2.05) is 30.0 Å². The number of nitrogens with zero attached hydrogens (tertiary/aromatic N) is 2. The minimum Gasteiger partial charge on any atom is -0.493 e. The first-order chi connectivity index (χ1) is 14.3. The van der Waals surface area contributed by atoms with Crippen molar-refractivity contribution in [1.82, 2.24) is 10.2 Å². The van der Waals surface area contributed by atoms with Crippen LogP contribution in [0.4, 0.5) is 0 Å². The van der Waals surface area contributed by atoms with E-state index in [0.717, 1.165) is 35.9 Å². The van der Waals surface area contributed by atoms with Crippen LogP contribution in [0, 0.1) is 0 Å². The van der Waals surface area contributed by atoms with Crippen LogP contribution in [0.5, 0.6) is 11.5 Å². The van der Waals surface area contributed by atoms with E-state index < -0.39 is 14.6 Å². The highest BCUT2D eigenvalue weighted by atomic mass is 32.2. The molecule has 0 aromatic heterocycles. The quantitative estimate of drug-likeness (QED) is 0.544. The summed E-state index contributed by atoms with van der Waals surface area (Å²) in [5.74, 6) is 2.37. The second-order valence-electron chi connectivity index (χ2n) is 8.64. The van der Waals surface area contributed by atoms with Crippen molar-refractivity contribution in [3.05, 3.63) is 23.8 Å². The second-order valence-corrected chi connectivity index (χ2v) is 11.4. The molecule has 0 amide bonds. The smallest absolute Gasteiger partial charge is 0.194 e. The molecule has 2 fully saturated rings. The van der Waals surface area contributed by atoms with Gasteiger partial charge in [-0.1, -0.05) is 12.1 Å². The van der Waals surface area contributed by atoms with Gasteiger partial charge < -0.3 is 19.7 Å². The molecular weight excluding hydrogens is 402 g/mol. The fourth-order valence-corrected chi connectivity index (χ4v) is 5.43. The Kier molecular flexibility index (Phi) is 7.16. The molecule has 1 N–H and O–H groups in total. The van der Waals surface area contributed by atoms with Gasteiger partial charge in [-0.3, -0.25) is 0 Å². The Morgan fingerprint density at radius 1 is 1.30 bits per heavy atom. The molecule has 0 radical (unpaired) electrons. The molecule has 0 bridgehead atoms. The van der Waals surface area contributed by atoms with Gasteiger partial charge in [-0.05, 0) is 52.5 Å². The van der Waals surface area contributed by atoms with Crippen molar-refractivity contribution in [2.75, 3.05) is 32.5 Å². The molecule has 0 spiro atoms. The number of nitrogens with one attached hydrogen (secondary N) is 1. The molecule has 1 aromatic rings. The van der Waals surface area contributed by atoms with Crippen molar-refractivity contribution in [2.45, 2.75) is 63.9 Å². The monoisotopic (exact) mass is 437 g/mol. The summed E-state index contributed by atoms with van der Waals surface area (Å²) < 4.78 is 35.8. The van der Waals surface area contributed by atoms with Gasteiger partial charge in [-0.15, -0.1) is 0 Å². The topological polar surface area (TPSA) is 80.2 Å². The number of sulfone groups is 1. The Balaban J connectivity index is 1.82. The van der Waals surface area contributed by atoms with Crippen LogP contribution in [0.3, 0.4) is 0 Å². The number of aliphatic imine (C=N–C) groups is 1. The Morgan fingerprint density at radius 3 is 2.67 bits per heavy atom. The summed E-state index contributed by atoms with van der Waals surface area (Å²) >= 11 is 0. The van der Waals surface area contributed by atoms with Crippen LogP contribution in [0.15, 0.2) is 23.2 Å². The molecule has 3 rings (SSSR count). The third-order valence-electron chi connectivity index (χ3n) is 5.94. The van der Waals surface area contributed by atoms with Gasteiger partial charge in [0.1, 0.15) is 0 Å². The van der Waals surface area contributed by atoms with Crippen molar-refractivity contribution in [3.63, 3.8) is 0 Å². The minimum atomic E-state index is -3.10. The zero-order valence-electron chi connectivity index (χ0n) is 18.6. The molecule has 0 unspecified atom stereocenters. The highest BCUT2D eigenvalue weighted by Gasteiger charge is 2.41. The van der Waals surface area contributed by atoms with E-state index in [4.69, 9.17) is 14.5 Å². The number of hydrogen-bond acceptors (Lipinski definition) is 5. The van der Waals surface area contributed by atoms with Crippen LogP contribution in [-0.2, 0) is 16.4 Å². The van der Waals surface area contributed by atoms with E-state index in [9.17, 15) is 8.42 Å². The van der Waals surface area contributed by atoms with Crippen molar-refractivity contribution in [3.8, 4) is 11.5 Å². The SMILES string of the molecule is CCNC(=NCc1cccc(OC)c1OC1CCCC1)N1CCS(=O)(=O)C(C)(C)C1. The minimum absolute atomic E-state index is 0.139. The Morgan fingerprint density at radius 2 is 2.03 bits per heavy atom. The molecule has 1 aliphatic heterocycles. The number of guanidine groups is 1. The first-order valence-corrected chi connectivity index (χ1v) is 12.5. The maximum atomic E-state index is 12.4. The summed E-state index contributed by atoms with van der Waals surface area (Å²) in [6.45, 7) is 7.60. The number of methoxy groups -OCH3 is 1. The zero-order valence-corrected chi connectivity index (χ0v) is 19.4. The third kappa shape index (κ3) is 5.02. The zero-order chi connectivity index (χ0) is 21.8. The molecule has 1 aliphatic carbocycles. The lowest BCUT2D eigenvalue weighted by Crippen LogP contribution is -2.57. The fraction of sp³-hybridized carbons (Fsp3) is 0.682. The highest BCUT2D eigenvalue weighted by Crippen LogP contribution is 2.35. The average molecular weight is 438 g/mol. The Bertz CT molecular complexity index is 861. The standard InChI is InChI=1S/C22H35N3O4S/c1-5-23-21(25-13-14-30(26,27)22(2,3)16-25)24-15-17-9-8-12-19(28-4)20(17)29-18-10-6-7-11-18/h8-9,12,18H,5-7,10-11,13-16H2,1-4H3,(H,23,24). The van der Waals surface area contributed by atoms with Gasteiger partial charge in [-0.25, -0.2) is 13.4 Å². The summed E-state index contributed by atoms with van der Waals surface area (Å²) in [6.07, 6.45) is 4.77. The maximum absolute atomic E-state index is 12.4. The van der Waals surface area contributed by atoms with E-state index in [1.54, 1.807) is 21.0 Å². The maximum Gasteiger partial charge on any atom is 0.194 e. The summed E-state index contributed by atoms with van der Waals surface area (Å²) in [7, 11) is -1.44. The van der Waals surface area contributed by atoms with Crippen LogP contribution in [0.1, 0.15) is 52.0 Å². The van der Waals surface area contributed by atoms with Gasteiger partial charge >= 0.3 is 0 Å². The van der Waals surface area contributed by atoms with E-state index >= 15 is 0 Å². The molecule has 1 saturated carbocycles. The average Bonchev–Trinajstić information content (AvgIpc) is 3.21. The molecule has 7 nitrogen and oxygen atoms in total. The first kappa shape index (κ1) is 22.7. The van der Waals surface area contributed by atoms with Crippen LogP contribution in [-0.4, -0.2) is 62.6 Å². The van der Waals surface area contributed by atoms with Gasteiger partial charge in [0.05, 0.1) is 30.3 Å². The number of rotatable bonds is 6. The molecule has 1 heterocycles. The number of para-hydroxylation sites is 1. The molecule has 1 aromatic carbocycles. The lowest BCUT2D eigenvalue weighted by molar-refractivity contribution is 0.198. The molecule has 0 atom stereocenters. The molecular formula is C22H35N3O4S. The summed E-state index contributed by atoms with van der Waals surface area (Å²) in [6, 6.07) is 5.89. The molecule has 1 saturated heterocycles. The van der Waals surface area contributed by atoms with Gasteiger partial charge in [0.25, 0.3) is 0 Å². The summed E-state index contributed by atoms with van der Waals surface area (Å²) in [5.41, 5.74) is 0.973. The first-order valence-electron chi connectivity index (χ1n) is 10.9. The predicted molar refractivity (Wildman–Crippen MR) is 120 cm³/mol. The fourth-order valence-electron chi connectivity index (χ4n) is 4.06.